The van der Waals surface area contributed by atoms with Crippen LogP contribution >= 0.6 is 9.24 Å². The van der Waals surface area contributed by atoms with Gasteiger partial charge in [0.2, 0.25) is 5.78 Å². The van der Waals surface area contributed by atoms with E-state index in [-0.39, 0.29) is 0 Å². The average molecular weight is 495 g/mol. The van der Waals surface area contributed by atoms with Gasteiger partial charge in [-0.1, -0.05) is 51.7 Å². The van der Waals surface area contributed by atoms with Crippen LogP contribution in [0.3, 0.4) is 0 Å². The molecule has 34 heavy (non-hydrogen) atoms. The SMILES string of the molecule is CC(=O)C(F)(F)P.CO[NH2+]c1ccc(CN(Cc2ccccc2)CC2CCC(CN)CC2)cc1. The third-order valence-electron chi connectivity index (χ3n) is 6.17. The van der Waals surface area contributed by atoms with Crippen LogP contribution in [0.25, 0.3) is 0 Å². The maximum atomic E-state index is 11.5. The molecular weight excluding hydrogens is 455 g/mol. The summed E-state index contributed by atoms with van der Waals surface area (Å²) in [6, 6.07) is 19.5. The van der Waals surface area contributed by atoms with E-state index in [0.717, 1.165) is 59.9 Å². The van der Waals surface area contributed by atoms with E-state index in [4.69, 9.17) is 10.6 Å². The maximum absolute atomic E-state index is 11.5. The Bertz CT molecular complexity index is 839. The van der Waals surface area contributed by atoms with Crippen molar-refractivity contribution in [3.05, 3.63) is 65.7 Å². The van der Waals surface area contributed by atoms with Gasteiger partial charge in [-0.25, -0.2) is 4.84 Å². The predicted molar refractivity (Wildman–Crippen MR) is 135 cm³/mol. The molecule has 0 aliphatic heterocycles. The van der Waals surface area contributed by atoms with Gasteiger partial charge in [-0.2, -0.15) is 14.3 Å². The molecule has 0 spiro atoms. The van der Waals surface area contributed by atoms with E-state index in [1.54, 1.807) is 12.6 Å². The van der Waals surface area contributed by atoms with E-state index in [9.17, 15) is 13.6 Å². The molecule has 0 amide bonds. The molecule has 4 N–H and O–H groups in total. The van der Waals surface area contributed by atoms with Crippen molar-refractivity contribution in [1.82, 2.24) is 4.90 Å². The summed E-state index contributed by atoms with van der Waals surface area (Å²) < 4.78 is 22.9. The molecule has 1 saturated carbocycles. The molecule has 2 aromatic carbocycles. The van der Waals surface area contributed by atoms with E-state index in [1.165, 1.54) is 36.8 Å². The van der Waals surface area contributed by atoms with Crippen LogP contribution in [0.5, 0.6) is 0 Å². The van der Waals surface area contributed by atoms with Crippen LogP contribution in [0.4, 0.5) is 14.5 Å². The first-order chi connectivity index (χ1) is 16.2. The molecule has 2 aromatic rings. The summed E-state index contributed by atoms with van der Waals surface area (Å²) in [5, 5.41) is 0. The normalized spacial score (nSPS) is 18.3. The van der Waals surface area contributed by atoms with Crippen LogP contribution < -0.4 is 11.2 Å². The number of carbonyl (C=O) groups excluding carboxylic acids is 1. The number of nitrogens with zero attached hydrogens (tertiary/aromatic N) is 1. The second-order valence-corrected chi connectivity index (χ2v) is 9.78. The summed E-state index contributed by atoms with van der Waals surface area (Å²) in [7, 11) is 2.84. The summed E-state index contributed by atoms with van der Waals surface area (Å²) in [5.74, 6) is 0.406. The number of rotatable bonds is 10. The number of nitrogens with two attached hydrogens (primary N) is 2. The van der Waals surface area contributed by atoms with Gasteiger partial charge in [-0.15, -0.1) is 0 Å². The summed E-state index contributed by atoms with van der Waals surface area (Å²) in [6.45, 7) is 4.85. The Hall–Kier alpha value is -1.76. The van der Waals surface area contributed by atoms with Crippen LogP contribution in [-0.4, -0.2) is 36.5 Å². The van der Waals surface area contributed by atoms with Crippen LogP contribution in [-0.2, 0) is 22.7 Å². The lowest BCUT2D eigenvalue weighted by Gasteiger charge is -2.32. The standard InChI is InChI=1S/C23H33N3O.C3H5F2OP/c1-27-25-23-13-11-22(12-14-23)18-26(16-20-5-3-2-4-6-20)17-21-9-7-19(15-24)8-10-21;1-2(6)3(4,5)7/h2-6,11-14,19,21,25H,7-10,15-18,24H2,1H3;7H2,1H3/p+1. The van der Waals surface area contributed by atoms with Crippen molar-refractivity contribution in [2.45, 2.75) is 51.4 Å². The fourth-order valence-electron chi connectivity index (χ4n) is 4.14. The lowest BCUT2D eigenvalue weighted by Crippen LogP contribution is -2.75. The second-order valence-electron chi connectivity index (χ2n) is 9.05. The molecule has 1 atom stereocenters. The number of hydrogen-bond donors (Lipinski definition) is 2. The predicted octanol–water partition coefficient (Wildman–Crippen LogP) is 4.25. The maximum Gasteiger partial charge on any atom is 0.315 e. The van der Waals surface area contributed by atoms with Crippen molar-refractivity contribution in [3.63, 3.8) is 0 Å². The molecule has 1 aliphatic rings. The number of hydrogen-bond acceptors (Lipinski definition) is 4. The molecule has 0 aromatic heterocycles. The van der Waals surface area contributed by atoms with Gasteiger partial charge in [-0.3, -0.25) is 9.69 Å². The summed E-state index contributed by atoms with van der Waals surface area (Å²) in [4.78, 5) is 17.4. The zero-order chi connectivity index (χ0) is 25.0. The largest absolute Gasteiger partial charge is 0.330 e. The Kier molecular flexibility index (Phi) is 12.2. The highest BCUT2D eigenvalue weighted by Gasteiger charge is 2.27. The van der Waals surface area contributed by atoms with Gasteiger partial charge in [-0.05, 0) is 55.2 Å². The van der Waals surface area contributed by atoms with Gasteiger partial charge in [0.15, 0.2) is 5.69 Å². The van der Waals surface area contributed by atoms with Crippen molar-refractivity contribution in [2.24, 2.45) is 17.6 Å². The average Bonchev–Trinajstić information content (AvgIpc) is 2.81. The molecule has 5 nitrogen and oxygen atoms in total. The Labute approximate surface area is 204 Å². The van der Waals surface area contributed by atoms with Crippen LogP contribution in [0.1, 0.15) is 43.7 Å². The van der Waals surface area contributed by atoms with Crippen LogP contribution in [0.2, 0.25) is 0 Å². The van der Waals surface area contributed by atoms with Crippen molar-refractivity contribution >= 4 is 20.7 Å². The Morgan fingerprint density at radius 2 is 1.53 bits per heavy atom. The van der Waals surface area contributed by atoms with E-state index >= 15 is 0 Å². The third-order valence-corrected chi connectivity index (χ3v) is 6.58. The first kappa shape index (κ1) is 28.5. The zero-order valence-corrected chi connectivity index (χ0v) is 21.4. The monoisotopic (exact) mass is 494 g/mol. The van der Waals surface area contributed by atoms with Gasteiger partial charge in [0.25, 0.3) is 0 Å². The number of ketones is 1. The van der Waals surface area contributed by atoms with Crippen LogP contribution in [0.15, 0.2) is 54.6 Å². The summed E-state index contributed by atoms with van der Waals surface area (Å²) >= 11 is 0. The van der Waals surface area contributed by atoms with E-state index in [2.05, 4.69) is 59.5 Å². The number of alkyl halides is 2. The van der Waals surface area contributed by atoms with Gasteiger partial charge >= 0.3 is 5.66 Å². The lowest BCUT2D eigenvalue weighted by molar-refractivity contribution is -0.830. The van der Waals surface area contributed by atoms with Crippen molar-refractivity contribution in [1.29, 1.82) is 0 Å². The number of benzene rings is 2. The minimum atomic E-state index is -3.22. The molecule has 8 heteroatoms. The molecule has 1 unspecified atom stereocenters. The molecule has 188 valence electrons. The third kappa shape index (κ3) is 10.7. The van der Waals surface area contributed by atoms with Gasteiger partial charge in [0.05, 0.1) is 7.11 Å². The highest BCUT2D eigenvalue weighted by Crippen LogP contribution is 2.29. The van der Waals surface area contributed by atoms with E-state index in [1.807, 2.05) is 0 Å². The number of Topliss-reactive ketones (excluding diaryl/α,β-unsaturated/α-hetero) is 1. The number of quaternary nitrogens is 1. The fraction of sp³-hybridized carbons (Fsp3) is 0.500. The van der Waals surface area contributed by atoms with Crippen molar-refractivity contribution < 1.29 is 23.9 Å². The molecule has 3 rings (SSSR count). The summed E-state index contributed by atoms with van der Waals surface area (Å²) in [6.07, 6.45) is 5.22. The number of halogens is 2. The minimum absolute atomic E-state index is 0.744. The Balaban J connectivity index is 0.000000509. The molecule has 0 bridgehead atoms. The van der Waals surface area contributed by atoms with Gasteiger partial charge in [0.1, 0.15) is 0 Å². The first-order valence-electron chi connectivity index (χ1n) is 11.8. The molecular formula is C26H39F2N3O2P+. The molecule has 1 fully saturated rings. The minimum Gasteiger partial charge on any atom is -0.330 e. The molecule has 0 radical (unpaired) electrons. The van der Waals surface area contributed by atoms with E-state index in [0.29, 0.717) is 0 Å². The zero-order valence-electron chi connectivity index (χ0n) is 20.3. The van der Waals surface area contributed by atoms with Gasteiger partial charge in [0, 0.05) is 38.7 Å². The second kappa shape index (κ2) is 14.6. The Morgan fingerprint density at radius 1 is 1.03 bits per heavy atom. The Morgan fingerprint density at radius 3 is 2.00 bits per heavy atom. The van der Waals surface area contributed by atoms with Crippen LogP contribution in [0, 0.1) is 11.8 Å². The highest BCUT2D eigenvalue weighted by atomic mass is 31.0. The topological polar surface area (TPSA) is 72.2 Å². The highest BCUT2D eigenvalue weighted by molar-refractivity contribution is 7.20. The lowest BCUT2D eigenvalue weighted by atomic mass is 9.82. The quantitative estimate of drug-likeness (QED) is 0.294. The summed E-state index contributed by atoms with van der Waals surface area (Å²) in [5.41, 5.74) is 8.27. The van der Waals surface area contributed by atoms with Gasteiger partial charge < -0.3 is 5.73 Å². The number of carbonyl (C=O) groups is 1. The smallest absolute Gasteiger partial charge is 0.315 e. The molecule has 0 saturated heterocycles. The first-order valence-corrected chi connectivity index (χ1v) is 12.4. The van der Waals surface area contributed by atoms with E-state index < -0.39 is 11.4 Å². The van der Waals surface area contributed by atoms with Crippen molar-refractivity contribution in [3.8, 4) is 0 Å². The van der Waals surface area contributed by atoms with Crippen molar-refractivity contribution in [2.75, 3.05) is 20.2 Å². The molecule has 0 heterocycles. The fourth-order valence-corrected chi connectivity index (χ4v) is 4.14. The molecule has 1 aliphatic carbocycles.